The highest BCUT2D eigenvalue weighted by atomic mass is 32.2. The Morgan fingerprint density at radius 2 is 2.00 bits per heavy atom. The van der Waals surface area contributed by atoms with Gasteiger partial charge >= 0.3 is 0 Å². The van der Waals surface area contributed by atoms with Gasteiger partial charge in [0.05, 0.1) is 0 Å². The maximum Gasteiger partial charge on any atom is 0.0294 e. The molecule has 0 spiro atoms. The predicted octanol–water partition coefficient (Wildman–Crippen LogP) is 4.63. The molecule has 0 aromatic heterocycles. The fourth-order valence-corrected chi connectivity index (χ4v) is 2.46. The second-order valence-corrected chi connectivity index (χ2v) is 5.88. The van der Waals surface area contributed by atoms with E-state index in [0.717, 1.165) is 11.8 Å². The van der Waals surface area contributed by atoms with Crippen molar-refractivity contribution in [3.05, 3.63) is 23.1 Å². The van der Waals surface area contributed by atoms with Gasteiger partial charge in [-0.15, -0.1) is 11.8 Å². The quantitative estimate of drug-likeness (QED) is 0.651. The van der Waals surface area contributed by atoms with Gasteiger partial charge in [0.15, 0.2) is 0 Å². The molecule has 0 saturated heterocycles. The summed E-state index contributed by atoms with van der Waals surface area (Å²) in [5.74, 6) is 1.57. The van der Waals surface area contributed by atoms with Gasteiger partial charge in [-0.3, -0.25) is 0 Å². The maximum atomic E-state index is 2.37. The van der Waals surface area contributed by atoms with Gasteiger partial charge in [-0.05, 0) is 35.7 Å². The number of hydrogen-bond acceptors (Lipinski definition) is 1. The maximum absolute atomic E-state index is 2.37. The van der Waals surface area contributed by atoms with Crippen LogP contribution in [0.5, 0.6) is 0 Å². The Kier molecular flexibility index (Phi) is 4.80. The van der Waals surface area contributed by atoms with Gasteiger partial charge in [0.25, 0.3) is 0 Å². The molecule has 0 nitrogen and oxygen atoms in total. The summed E-state index contributed by atoms with van der Waals surface area (Å²) in [7, 11) is 0. The molecule has 1 heteroatoms. The molecule has 0 saturated carbocycles. The van der Waals surface area contributed by atoms with Gasteiger partial charge in [0.2, 0.25) is 0 Å². The fraction of sp³-hybridized carbons (Fsp3) is 0.692. The SMILES string of the molecule is CC(C)CCC1=CSC(C(C)C)C=C1. The molecule has 1 atom stereocenters. The van der Waals surface area contributed by atoms with Gasteiger partial charge in [0.1, 0.15) is 0 Å². The van der Waals surface area contributed by atoms with E-state index in [9.17, 15) is 0 Å². The Bertz CT molecular complexity index is 223. The fourth-order valence-electron chi connectivity index (χ4n) is 1.45. The average molecular weight is 210 g/mol. The summed E-state index contributed by atoms with van der Waals surface area (Å²) in [5, 5.41) is 3.05. The van der Waals surface area contributed by atoms with Crippen LogP contribution in [-0.2, 0) is 0 Å². The van der Waals surface area contributed by atoms with Crippen LogP contribution >= 0.6 is 11.8 Å². The van der Waals surface area contributed by atoms with E-state index in [1.54, 1.807) is 0 Å². The van der Waals surface area contributed by atoms with Crippen LogP contribution in [0.25, 0.3) is 0 Å². The lowest BCUT2D eigenvalue weighted by atomic mass is 10.0. The standard InChI is InChI=1S/C13H22S/c1-10(2)5-6-12-7-8-13(11(3)4)14-9-12/h7-11,13H,5-6H2,1-4H3. The van der Waals surface area contributed by atoms with Gasteiger partial charge in [-0.2, -0.15) is 0 Å². The van der Waals surface area contributed by atoms with Crippen LogP contribution in [-0.4, -0.2) is 5.25 Å². The summed E-state index contributed by atoms with van der Waals surface area (Å²) in [6.07, 6.45) is 7.24. The molecule has 1 aliphatic heterocycles. The Labute approximate surface area is 92.9 Å². The third kappa shape index (κ3) is 3.91. The van der Waals surface area contributed by atoms with E-state index in [2.05, 4.69) is 45.3 Å². The van der Waals surface area contributed by atoms with Crippen LogP contribution in [0.3, 0.4) is 0 Å². The minimum Gasteiger partial charge on any atom is -0.126 e. The molecular weight excluding hydrogens is 188 g/mol. The molecule has 14 heavy (non-hydrogen) atoms. The van der Waals surface area contributed by atoms with E-state index < -0.39 is 0 Å². The van der Waals surface area contributed by atoms with E-state index in [1.807, 2.05) is 11.8 Å². The molecule has 1 heterocycles. The summed E-state index contributed by atoms with van der Waals surface area (Å²) in [6.45, 7) is 9.15. The molecule has 1 unspecified atom stereocenters. The first-order valence-electron chi connectivity index (χ1n) is 5.62. The van der Waals surface area contributed by atoms with Crippen LogP contribution in [0.15, 0.2) is 23.1 Å². The molecule has 80 valence electrons. The number of rotatable bonds is 4. The van der Waals surface area contributed by atoms with Crippen molar-refractivity contribution >= 4 is 11.8 Å². The van der Waals surface area contributed by atoms with E-state index in [1.165, 1.54) is 18.4 Å². The zero-order valence-electron chi connectivity index (χ0n) is 9.79. The minimum atomic E-state index is 0.692. The minimum absolute atomic E-state index is 0.692. The first-order valence-corrected chi connectivity index (χ1v) is 6.56. The van der Waals surface area contributed by atoms with Crippen molar-refractivity contribution < 1.29 is 0 Å². The van der Waals surface area contributed by atoms with Gasteiger partial charge in [0, 0.05) is 5.25 Å². The van der Waals surface area contributed by atoms with Crippen LogP contribution in [0.1, 0.15) is 40.5 Å². The lowest BCUT2D eigenvalue weighted by molar-refractivity contribution is 0.587. The Hall–Kier alpha value is -0.170. The molecule has 0 fully saturated rings. The largest absolute Gasteiger partial charge is 0.126 e. The average Bonchev–Trinajstić information content (AvgIpc) is 2.15. The van der Waals surface area contributed by atoms with Crippen molar-refractivity contribution in [2.75, 3.05) is 0 Å². The molecule has 1 rings (SSSR count). The molecule has 1 aliphatic rings. The lowest BCUT2D eigenvalue weighted by Gasteiger charge is -2.19. The van der Waals surface area contributed by atoms with E-state index in [-0.39, 0.29) is 0 Å². The van der Waals surface area contributed by atoms with Crippen LogP contribution in [0, 0.1) is 11.8 Å². The van der Waals surface area contributed by atoms with Crippen molar-refractivity contribution in [1.29, 1.82) is 0 Å². The second-order valence-electron chi connectivity index (χ2n) is 4.83. The monoisotopic (exact) mass is 210 g/mol. The lowest BCUT2D eigenvalue weighted by Crippen LogP contribution is -2.08. The van der Waals surface area contributed by atoms with Crippen molar-refractivity contribution in [3.8, 4) is 0 Å². The Morgan fingerprint density at radius 3 is 2.43 bits per heavy atom. The predicted molar refractivity (Wildman–Crippen MR) is 67.5 cm³/mol. The molecular formula is C13H22S. The first-order chi connectivity index (χ1) is 6.59. The summed E-state index contributed by atoms with van der Waals surface area (Å²) < 4.78 is 0. The van der Waals surface area contributed by atoms with Crippen LogP contribution < -0.4 is 0 Å². The highest BCUT2D eigenvalue weighted by Crippen LogP contribution is 2.29. The topological polar surface area (TPSA) is 0 Å². The molecule has 0 aromatic rings. The van der Waals surface area contributed by atoms with Crippen molar-refractivity contribution in [2.45, 2.75) is 45.8 Å². The summed E-state index contributed by atoms with van der Waals surface area (Å²) in [5.41, 5.74) is 1.51. The zero-order valence-corrected chi connectivity index (χ0v) is 10.6. The highest BCUT2D eigenvalue weighted by molar-refractivity contribution is 8.03. The van der Waals surface area contributed by atoms with Crippen molar-refractivity contribution in [2.24, 2.45) is 11.8 Å². The molecule has 0 radical (unpaired) electrons. The Balaban J connectivity index is 2.35. The van der Waals surface area contributed by atoms with E-state index >= 15 is 0 Å². The first kappa shape index (κ1) is 11.9. The second kappa shape index (κ2) is 5.65. The Morgan fingerprint density at radius 1 is 1.29 bits per heavy atom. The summed E-state index contributed by atoms with van der Waals surface area (Å²) >= 11 is 1.98. The van der Waals surface area contributed by atoms with Gasteiger partial charge in [-0.1, -0.05) is 39.8 Å². The van der Waals surface area contributed by atoms with Gasteiger partial charge < -0.3 is 0 Å². The smallest absolute Gasteiger partial charge is 0.0294 e. The van der Waals surface area contributed by atoms with Gasteiger partial charge in [-0.25, -0.2) is 0 Å². The third-order valence-corrected chi connectivity index (χ3v) is 4.00. The van der Waals surface area contributed by atoms with Crippen LogP contribution in [0.2, 0.25) is 0 Å². The summed E-state index contributed by atoms with van der Waals surface area (Å²) in [4.78, 5) is 0. The van der Waals surface area contributed by atoms with E-state index in [0.29, 0.717) is 5.25 Å². The molecule has 0 aromatic carbocycles. The molecule has 0 N–H and O–H groups in total. The highest BCUT2D eigenvalue weighted by Gasteiger charge is 2.12. The number of hydrogen-bond donors (Lipinski definition) is 0. The van der Waals surface area contributed by atoms with Crippen molar-refractivity contribution in [3.63, 3.8) is 0 Å². The molecule has 0 amide bonds. The molecule has 0 aliphatic carbocycles. The molecule has 0 bridgehead atoms. The number of allylic oxidation sites excluding steroid dienone is 2. The number of thioether (sulfide) groups is 1. The summed E-state index contributed by atoms with van der Waals surface area (Å²) in [6, 6.07) is 0. The van der Waals surface area contributed by atoms with Crippen LogP contribution in [0.4, 0.5) is 0 Å². The zero-order chi connectivity index (χ0) is 10.6. The van der Waals surface area contributed by atoms with E-state index in [4.69, 9.17) is 0 Å². The third-order valence-electron chi connectivity index (χ3n) is 2.54. The normalized spacial score (nSPS) is 21.9. The van der Waals surface area contributed by atoms with Crippen molar-refractivity contribution in [1.82, 2.24) is 0 Å².